The van der Waals surface area contributed by atoms with E-state index in [1.165, 1.54) is 0 Å². The Bertz CT molecular complexity index is 1690. The van der Waals surface area contributed by atoms with Crippen molar-refractivity contribution in [3.05, 3.63) is 11.6 Å². The van der Waals surface area contributed by atoms with Crippen molar-refractivity contribution in [1.29, 1.82) is 0 Å². The highest BCUT2D eigenvalue weighted by Crippen LogP contribution is 2.76. The van der Waals surface area contributed by atoms with Crippen LogP contribution in [0.1, 0.15) is 99.3 Å². The van der Waals surface area contributed by atoms with Crippen molar-refractivity contribution >= 4 is 16.4 Å². The lowest BCUT2D eigenvalue weighted by atomic mass is 9.33. The summed E-state index contributed by atoms with van der Waals surface area (Å²) < 4.78 is 61.3. The molecule has 0 spiro atoms. The molecule has 0 amide bonds. The van der Waals surface area contributed by atoms with Gasteiger partial charge in [0.25, 0.3) is 0 Å². The highest BCUT2D eigenvalue weighted by Gasteiger charge is 2.71. The van der Waals surface area contributed by atoms with Crippen LogP contribution in [-0.2, 0) is 38.3 Å². The van der Waals surface area contributed by atoms with Crippen LogP contribution < -0.4 is 0 Å². The van der Waals surface area contributed by atoms with Crippen molar-refractivity contribution in [2.75, 3.05) is 19.8 Å². The molecular formula is C41H66O16S. The summed E-state index contributed by atoms with van der Waals surface area (Å²) in [7, 11) is -5.01. The van der Waals surface area contributed by atoms with Crippen LogP contribution in [0.3, 0.4) is 0 Å². The van der Waals surface area contributed by atoms with E-state index in [0.29, 0.717) is 25.7 Å². The van der Waals surface area contributed by atoms with E-state index in [2.05, 4.69) is 47.6 Å². The minimum Gasteiger partial charge on any atom is -0.432 e. The normalized spacial score (nSPS) is 51.6. The van der Waals surface area contributed by atoms with Gasteiger partial charge in [-0.3, -0.25) is 9.35 Å². The third-order valence-corrected chi connectivity index (χ3v) is 17.8. The van der Waals surface area contributed by atoms with Crippen LogP contribution in [0.5, 0.6) is 0 Å². The number of aliphatic hydroxyl groups is 7. The van der Waals surface area contributed by atoms with Crippen molar-refractivity contribution in [1.82, 2.24) is 0 Å². The molecule has 19 atom stereocenters. The summed E-state index contributed by atoms with van der Waals surface area (Å²) in [6.07, 6.45) is -6.24. The molecule has 7 rings (SSSR count). The Balaban J connectivity index is 1.18. The number of esters is 1. The topological polar surface area (TPSA) is 259 Å². The number of carbonyl (C=O) groups is 1. The van der Waals surface area contributed by atoms with Crippen molar-refractivity contribution in [2.24, 2.45) is 56.7 Å². The van der Waals surface area contributed by atoms with Crippen LogP contribution in [-0.4, -0.2) is 136 Å². The molecule has 17 heteroatoms. The average Bonchev–Trinajstić information content (AvgIpc) is 3.16. The van der Waals surface area contributed by atoms with Crippen LogP contribution in [0.25, 0.3) is 0 Å². The van der Waals surface area contributed by atoms with Crippen LogP contribution >= 0.6 is 0 Å². The molecule has 0 aromatic heterocycles. The Morgan fingerprint density at radius 1 is 0.862 bits per heavy atom. The monoisotopic (exact) mass is 846 g/mol. The molecule has 7 aliphatic rings. The Labute approximate surface area is 341 Å². The minimum absolute atomic E-state index is 0.0439. The van der Waals surface area contributed by atoms with Crippen molar-refractivity contribution < 1.29 is 76.6 Å². The van der Waals surface area contributed by atoms with Gasteiger partial charge in [-0.05, 0) is 104 Å². The fourth-order valence-electron chi connectivity index (χ4n) is 13.9. The van der Waals surface area contributed by atoms with Gasteiger partial charge in [0.05, 0.1) is 31.3 Å². The summed E-state index contributed by atoms with van der Waals surface area (Å²) in [5, 5.41) is 74.0. The largest absolute Gasteiger partial charge is 0.432 e. The molecule has 2 heterocycles. The Kier molecular flexibility index (Phi) is 11.9. The quantitative estimate of drug-likeness (QED) is 0.0747. The minimum atomic E-state index is -5.01. The first kappa shape index (κ1) is 44.7. The zero-order chi connectivity index (χ0) is 42.5. The second-order valence-corrected chi connectivity index (χ2v) is 21.1. The fraction of sp³-hybridized carbons (Fsp3) is 0.927. The second kappa shape index (κ2) is 15.5. The SMILES string of the molecule is CC1CCC2(C(=O)OC3OC(CO)C(O)C(O)C3O)CCC3(CO)C(=CCC4C5(C)CCC(OC6OCC(O)C(O)C6OS(=O)(=O)O)C(C)(C)C5CCC43C)C2C1C. The average molecular weight is 847 g/mol. The van der Waals surface area contributed by atoms with E-state index >= 15 is 0 Å². The number of allylic oxidation sites excluding steroid dienone is 1. The smallest absolute Gasteiger partial charge is 0.397 e. The highest BCUT2D eigenvalue weighted by molar-refractivity contribution is 7.80. The zero-order valence-corrected chi connectivity index (χ0v) is 35.3. The number of hydrogen-bond donors (Lipinski definition) is 8. The molecule has 0 radical (unpaired) electrons. The Morgan fingerprint density at radius 2 is 1.57 bits per heavy atom. The van der Waals surface area contributed by atoms with E-state index in [9.17, 15) is 53.5 Å². The van der Waals surface area contributed by atoms with Gasteiger partial charge in [-0.2, -0.15) is 8.42 Å². The summed E-state index contributed by atoms with van der Waals surface area (Å²) in [6.45, 7) is 12.2. The first-order valence-corrected chi connectivity index (χ1v) is 22.5. The first-order valence-electron chi connectivity index (χ1n) is 21.1. The maximum absolute atomic E-state index is 14.6. The van der Waals surface area contributed by atoms with E-state index in [1.807, 2.05) is 0 Å². The van der Waals surface area contributed by atoms with Gasteiger partial charge in [0.2, 0.25) is 6.29 Å². The third kappa shape index (κ3) is 6.76. The zero-order valence-electron chi connectivity index (χ0n) is 34.5. The summed E-state index contributed by atoms with van der Waals surface area (Å²) >= 11 is 0. The molecule has 4 saturated carbocycles. The fourth-order valence-corrected chi connectivity index (χ4v) is 14.4. The molecule has 8 N–H and O–H groups in total. The lowest BCUT2D eigenvalue weighted by Crippen LogP contribution is -2.67. The Morgan fingerprint density at radius 3 is 2.22 bits per heavy atom. The van der Waals surface area contributed by atoms with E-state index in [4.69, 9.17) is 23.1 Å². The van der Waals surface area contributed by atoms with E-state index in [0.717, 1.165) is 37.7 Å². The summed E-state index contributed by atoms with van der Waals surface area (Å²) in [4.78, 5) is 14.6. The molecule has 0 aromatic carbocycles. The van der Waals surface area contributed by atoms with Gasteiger partial charge >= 0.3 is 16.4 Å². The van der Waals surface area contributed by atoms with E-state index < -0.39 is 101 Å². The highest BCUT2D eigenvalue weighted by atomic mass is 32.3. The van der Waals surface area contributed by atoms with Crippen LogP contribution in [0.4, 0.5) is 0 Å². The predicted octanol–water partition coefficient (Wildman–Crippen LogP) is 1.61. The molecule has 19 unspecified atom stereocenters. The first-order chi connectivity index (χ1) is 27.0. The van der Waals surface area contributed by atoms with E-state index in [1.54, 1.807) is 0 Å². The summed E-state index contributed by atoms with van der Waals surface area (Å²) in [5.41, 5.74) is -1.62. The maximum atomic E-state index is 14.6. The van der Waals surface area contributed by atoms with Gasteiger partial charge in [0.15, 0.2) is 12.4 Å². The summed E-state index contributed by atoms with van der Waals surface area (Å²) in [5.74, 6) is -0.263. The van der Waals surface area contributed by atoms with Crippen LogP contribution in [0, 0.1) is 56.7 Å². The number of carbonyl (C=O) groups excluding carboxylic acids is 1. The lowest BCUT2D eigenvalue weighted by molar-refractivity contribution is -0.304. The van der Waals surface area contributed by atoms with Crippen LogP contribution in [0.2, 0.25) is 0 Å². The number of fused-ring (bicyclic) bond motifs is 7. The molecule has 6 fully saturated rings. The van der Waals surface area contributed by atoms with Gasteiger partial charge in [0, 0.05) is 5.41 Å². The van der Waals surface area contributed by atoms with Gasteiger partial charge < -0.3 is 54.7 Å². The molecule has 58 heavy (non-hydrogen) atoms. The number of hydrogen-bond acceptors (Lipinski definition) is 15. The van der Waals surface area contributed by atoms with Gasteiger partial charge in [0.1, 0.15) is 36.6 Å². The molecule has 332 valence electrons. The van der Waals surface area contributed by atoms with Crippen molar-refractivity contribution in [3.8, 4) is 0 Å². The number of aliphatic hydroxyl groups excluding tert-OH is 7. The Hall–Kier alpha value is -1.32. The molecule has 0 aromatic rings. The molecular weight excluding hydrogens is 781 g/mol. The lowest BCUT2D eigenvalue weighted by Gasteiger charge is -2.71. The van der Waals surface area contributed by atoms with Gasteiger partial charge in [-0.15, -0.1) is 0 Å². The van der Waals surface area contributed by atoms with Gasteiger partial charge in [-0.1, -0.05) is 53.2 Å². The number of rotatable bonds is 8. The molecule has 2 aliphatic heterocycles. The third-order valence-electron chi connectivity index (χ3n) is 17.3. The maximum Gasteiger partial charge on any atom is 0.397 e. The molecule has 16 nitrogen and oxygen atoms in total. The number of ether oxygens (including phenoxy) is 4. The summed E-state index contributed by atoms with van der Waals surface area (Å²) in [6, 6.07) is 0. The van der Waals surface area contributed by atoms with Gasteiger partial charge in [-0.25, -0.2) is 4.18 Å². The standard InChI is InChI=1S/C41H66O16S/c1-20-9-14-40(36(49)56-34-32(48)31(47)30(46)24(17-42)54-34)15-16-41(19-43)22(28(40)21(20)2)7-8-26-38(5)12-11-27(37(3,4)25(38)10-13-39(26,41)6)55-35-33(57-58(50,51)52)29(45)23(44)18-53-35/h7,20-21,23-35,42-48H,8-19H2,1-6H3,(H,50,51,52). The van der Waals surface area contributed by atoms with E-state index in [-0.39, 0.29) is 53.6 Å². The van der Waals surface area contributed by atoms with Crippen molar-refractivity contribution in [2.45, 2.75) is 161 Å². The molecule has 5 aliphatic carbocycles. The second-order valence-electron chi connectivity index (χ2n) is 20.0. The predicted molar refractivity (Wildman–Crippen MR) is 203 cm³/mol. The van der Waals surface area contributed by atoms with Crippen LogP contribution in [0.15, 0.2) is 11.6 Å². The molecule has 0 bridgehead atoms. The molecule has 2 saturated heterocycles. The van der Waals surface area contributed by atoms with Crippen molar-refractivity contribution in [3.63, 3.8) is 0 Å².